The molecular weight excluding hydrogens is 256 g/mol. The molecule has 0 spiro atoms. The lowest BCUT2D eigenvalue weighted by molar-refractivity contribution is 0.397. The van der Waals surface area contributed by atoms with Crippen LogP contribution >= 0.6 is 10.7 Å². The molecule has 2 heterocycles. The minimum atomic E-state index is -3.95. The predicted octanol–water partition coefficient (Wildman–Crippen LogP) is 0.369. The van der Waals surface area contributed by atoms with Crippen molar-refractivity contribution in [3.63, 3.8) is 0 Å². The standard InChI is InChI=1S/C7H7ClN4O3S/c1-4-3-5(15-2)9-6-10-7(11-12(4)6)16(8,13)14/h3H,1-2H3. The summed E-state index contributed by atoms with van der Waals surface area (Å²) in [5.41, 5.74) is 0.640. The van der Waals surface area contributed by atoms with Gasteiger partial charge in [0, 0.05) is 22.4 Å². The van der Waals surface area contributed by atoms with Crippen molar-refractivity contribution < 1.29 is 13.2 Å². The number of rotatable bonds is 2. The number of hydrogen-bond donors (Lipinski definition) is 0. The highest BCUT2D eigenvalue weighted by Crippen LogP contribution is 2.15. The fraction of sp³-hybridized carbons (Fsp3) is 0.286. The molecule has 86 valence electrons. The van der Waals surface area contributed by atoms with Crippen LogP contribution in [0.2, 0.25) is 0 Å². The fourth-order valence-electron chi connectivity index (χ4n) is 1.17. The maximum atomic E-state index is 11.0. The lowest BCUT2D eigenvalue weighted by Crippen LogP contribution is -1.99. The molecule has 0 aliphatic carbocycles. The van der Waals surface area contributed by atoms with Crippen LogP contribution in [0.25, 0.3) is 5.78 Å². The number of halogens is 1. The first-order chi connectivity index (χ1) is 7.41. The van der Waals surface area contributed by atoms with Crippen LogP contribution < -0.4 is 4.74 Å². The maximum absolute atomic E-state index is 11.0. The van der Waals surface area contributed by atoms with Gasteiger partial charge in [-0.1, -0.05) is 0 Å². The van der Waals surface area contributed by atoms with E-state index in [-0.39, 0.29) is 5.78 Å². The van der Waals surface area contributed by atoms with E-state index in [0.29, 0.717) is 11.6 Å². The first-order valence-corrected chi connectivity index (χ1v) is 6.46. The van der Waals surface area contributed by atoms with E-state index in [1.165, 1.54) is 11.6 Å². The Labute approximate surface area is 95.5 Å². The molecule has 0 saturated carbocycles. The van der Waals surface area contributed by atoms with Crippen molar-refractivity contribution in [1.82, 2.24) is 19.6 Å². The van der Waals surface area contributed by atoms with Crippen LogP contribution in [0.5, 0.6) is 5.88 Å². The van der Waals surface area contributed by atoms with Gasteiger partial charge in [-0.05, 0) is 6.92 Å². The minimum Gasteiger partial charge on any atom is -0.481 e. The Morgan fingerprint density at radius 2 is 2.12 bits per heavy atom. The summed E-state index contributed by atoms with van der Waals surface area (Å²) in [6.45, 7) is 1.72. The van der Waals surface area contributed by atoms with E-state index in [1.807, 2.05) is 0 Å². The molecule has 7 nitrogen and oxygen atoms in total. The second-order valence-corrected chi connectivity index (χ2v) is 5.44. The van der Waals surface area contributed by atoms with Crippen molar-refractivity contribution in [2.75, 3.05) is 7.11 Å². The smallest absolute Gasteiger partial charge is 0.298 e. The van der Waals surface area contributed by atoms with Gasteiger partial charge in [-0.2, -0.15) is 9.97 Å². The van der Waals surface area contributed by atoms with Gasteiger partial charge < -0.3 is 4.74 Å². The molecule has 0 bridgehead atoms. The zero-order valence-corrected chi connectivity index (χ0v) is 9.95. The second kappa shape index (κ2) is 3.56. The highest BCUT2D eigenvalue weighted by Gasteiger charge is 2.19. The normalized spacial score (nSPS) is 11.9. The van der Waals surface area contributed by atoms with E-state index < -0.39 is 14.2 Å². The van der Waals surface area contributed by atoms with Crippen LogP contribution in [-0.2, 0) is 9.05 Å². The Morgan fingerprint density at radius 1 is 1.44 bits per heavy atom. The summed E-state index contributed by atoms with van der Waals surface area (Å²) < 4.78 is 28.3. The molecule has 2 aromatic rings. The van der Waals surface area contributed by atoms with Crippen LogP contribution in [0.15, 0.2) is 11.2 Å². The van der Waals surface area contributed by atoms with E-state index in [0.717, 1.165) is 0 Å². The molecule has 0 radical (unpaired) electrons. The Morgan fingerprint density at radius 3 is 2.69 bits per heavy atom. The van der Waals surface area contributed by atoms with E-state index in [1.54, 1.807) is 13.0 Å². The second-order valence-electron chi connectivity index (χ2n) is 2.98. The van der Waals surface area contributed by atoms with E-state index in [4.69, 9.17) is 15.4 Å². The quantitative estimate of drug-likeness (QED) is 0.727. The third-order valence-corrected chi connectivity index (χ3v) is 2.90. The van der Waals surface area contributed by atoms with Gasteiger partial charge in [0.15, 0.2) is 0 Å². The Balaban J connectivity index is 2.76. The molecule has 0 atom stereocenters. The summed E-state index contributed by atoms with van der Waals surface area (Å²) in [6.07, 6.45) is 0. The number of aromatic nitrogens is 4. The van der Waals surface area contributed by atoms with Crippen LogP contribution in [0.1, 0.15) is 5.69 Å². The number of ether oxygens (including phenoxy) is 1. The molecule has 9 heteroatoms. The van der Waals surface area contributed by atoms with Crippen molar-refractivity contribution in [2.45, 2.75) is 12.1 Å². The molecule has 0 saturated heterocycles. The summed E-state index contributed by atoms with van der Waals surface area (Å²) in [5.74, 6) is 0.451. The van der Waals surface area contributed by atoms with Gasteiger partial charge in [-0.25, -0.2) is 12.9 Å². The third-order valence-electron chi connectivity index (χ3n) is 1.87. The average molecular weight is 263 g/mol. The Hall–Kier alpha value is -1.41. The van der Waals surface area contributed by atoms with Gasteiger partial charge in [-0.15, -0.1) is 5.10 Å². The van der Waals surface area contributed by atoms with Crippen LogP contribution in [-0.4, -0.2) is 35.1 Å². The summed E-state index contributed by atoms with van der Waals surface area (Å²) in [7, 11) is 2.63. The SMILES string of the molecule is COc1cc(C)n2nc(S(=O)(=O)Cl)nc2n1. The zero-order valence-electron chi connectivity index (χ0n) is 8.38. The highest BCUT2D eigenvalue weighted by molar-refractivity contribution is 8.13. The molecule has 16 heavy (non-hydrogen) atoms. The molecule has 0 unspecified atom stereocenters. The predicted molar refractivity (Wildman–Crippen MR) is 55.1 cm³/mol. The van der Waals surface area contributed by atoms with Crippen LogP contribution in [0, 0.1) is 6.92 Å². The molecule has 2 rings (SSSR count). The molecule has 0 aromatic carbocycles. The molecule has 0 aliphatic heterocycles. The van der Waals surface area contributed by atoms with Gasteiger partial charge in [-0.3, -0.25) is 0 Å². The largest absolute Gasteiger partial charge is 0.481 e. The van der Waals surface area contributed by atoms with Gasteiger partial charge >= 0.3 is 0 Å². The van der Waals surface area contributed by atoms with E-state index in [9.17, 15) is 8.42 Å². The molecule has 0 fully saturated rings. The fourth-order valence-corrected chi connectivity index (χ4v) is 1.74. The van der Waals surface area contributed by atoms with Crippen molar-refractivity contribution in [3.8, 4) is 5.88 Å². The summed E-state index contributed by atoms with van der Waals surface area (Å²) in [4.78, 5) is 7.63. The minimum absolute atomic E-state index is 0.121. The van der Waals surface area contributed by atoms with Crippen molar-refractivity contribution in [1.29, 1.82) is 0 Å². The third kappa shape index (κ3) is 1.81. The number of nitrogens with zero attached hydrogens (tertiary/aromatic N) is 4. The lowest BCUT2D eigenvalue weighted by Gasteiger charge is -2.00. The van der Waals surface area contributed by atoms with Crippen LogP contribution in [0.3, 0.4) is 0 Å². The lowest BCUT2D eigenvalue weighted by atomic mass is 10.4. The summed E-state index contributed by atoms with van der Waals surface area (Å²) >= 11 is 0. The number of fused-ring (bicyclic) bond motifs is 1. The average Bonchev–Trinajstić information content (AvgIpc) is 2.61. The Bertz CT molecular complexity index is 651. The number of aryl methyl sites for hydroxylation is 1. The number of hydrogen-bond acceptors (Lipinski definition) is 6. The first-order valence-electron chi connectivity index (χ1n) is 4.15. The first kappa shape index (κ1) is 11.1. The van der Waals surface area contributed by atoms with E-state index in [2.05, 4.69) is 15.1 Å². The van der Waals surface area contributed by atoms with Crippen molar-refractivity contribution in [2.24, 2.45) is 0 Å². The van der Waals surface area contributed by atoms with Gasteiger partial charge in [0.05, 0.1) is 7.11 Å². The van der Waals surface area contributed by atoms with E-state index >= 15 is 0 Å². The molecule has 0 N–H and O–H groups in total. The Kier molecular flexibility index (Phi) is 2.47. The van der Waals surface area contributed by atoms with Gasteiger partial charge in [0.1, 0.15) is 0 Å². The van der Waals surface area contributed by atoms with Crippen molar-refractivity contribution >= 4 is 25.5 Å². The molecule has 2 aromatic heterocycles. The highest BCUT2D eigenvalue weighted by atomic mass is 35.7. The van der Waals surface area contributed by atoms with Crippen LogP contribution in [0.4, 0.5) is 0 Å². The zero-order chi connectivity index (χ0) is 11.9. The van der Waals surface area contributed by atoms with Gasteiger partial charge in [0.2, 0.25) is 5.88 Å². The topological polar surface area (TPSA) is 86.5 Å². The van der Waals surface area contributed by atoms with Gasteiger partial charge in [0.25, 0.3) is 20.0 Å². The monoisotopic (exact) mass is 262 g/mol. The molecule has 0 amide bonds. The summed E-state index contributed by atoms with van der Waals surface area (Å²) in [5, 5.41) is 3.25. The summed E-state index contributed by atoms with van der Waals surface area (Å²) in [6, 6.07) is 1.60. The molecule has 0 aliphatic rings. The molecular formula is C7H7ClN4O3S. The number of methoxy groups -OCH3 is 1. The maximum Gasteiger partial charge on any atom is 0.298 e. The van der Waals surface area contributed by atoms with Crippen molar-refractivity contribution in [3.05, 3.63) is 11.8 Å².